The summed E-state index contributed by atoms with van der Waals surface area (Å²) in [5.74, 6) is -0.527. The molecule has 0 aliphatic heterocycles. The minimum Gasteiger partial charge on any atom is -0.446 e. The fourth-order valence-corrected chi connectivity index (χ4v) is 2.68. The lowest BCUT2D eigenvalue weighted by atomic mass is 10.3. The average Bonchev–Trinajstić information content (AvgIpc) is 2.94. The average molecular weight is 327 g/mol. The Morgan fingerprint density at radius 2 is 2.00 bits per heavy atom. The number of rotatable bonds is 7. The van der Waals surface area contributed by atoms with Gasteiger partial charge in [-0.1, -0.05) is 12.0 Å². The maximum atomic E-state index is 11.6. The van der Waals surface area contributed by atoms with Crippen molar-refractivity contribution < 1.29 is 18.1 Å². The van der Waals surface area contributed by atoms with Crippen LogP contribution in [0.25, 0.3) is 5.69 Å². The Bertz CT molecular complexity index is 755. The molecule has 1 aromatic heterocycles. The van der Waals surface area contributed by atoms with Gasteiger partial charge in [0.05, 0.1) is 16.4 Å². The SMILES string of the molecule is CCCS(=O)(=O)COc1nnnn1-c1ccc([N+](=O)[O-])cc1. The van der Waals surface area contributed by atoms with Crippen molar-refractivity contribution in [2.24, 2.45) is 0 Å². The largest absolute Gasteiger partial charge is 0.446 e. The number of ether oxygens (including phenoxy) is 1. The van der Waals surface area contributed by atoms with Crippen LogP contribution in [0.5, 0.6) is 6.01 Å². The summed E-state index contributed by atoms with van der Waals surface area (Å²) in [7, 11) is -3.35. The monoisotopic (exact) mass is 327 g/mol. The van der Waals surface area contributed by atoms with Gasteiger partial charge in [0.15, 0.2) is 15.8 Å². The second-order valence-electron chi connectivity index (χ2n) is 4.36. The molecule has 0 bridgehead atoms. The Hall–Kier alpha value is -2.56. The summed E-state index contributed by atoms with van der Waals surface area (Å²) in [5.41, 5.74) is 0.336. The first-order valence-corrected chi connectivity index (χ1v) is 8.11. The predicted octanol–water partition coefficient (Wildman–Crippen LogP) is 0.732. The van der Waals surface area contributed by atoms with E-state index >= 15 is 0 Å². The highest BCUT2D eigenvalue weighted by atomic mass is 32.2. The molecule has 0 saturated carbocycles. The van der Waals surface area contributed by atoms with Crippen LogP contribution in [0, 0.1) is 10.1 Å². The molecular formula is C11H13N5O5S. The Morgan fingerprint density at radius 3 is 2.59 bits per heavy atom. The van der Waals surface area contributed by atoms with E-state index in [0.29, 0.717) is 12.1 Å². The molecule has 10 nitrogen and oxygen atoms in total. The van der Waals surface area contributed by atoms with Crippen LogP contribution in [0.3, 0.4) is 0 Å². The standard InChI is InChI=1S/C11H13N5O5S/c1-2-7-22(19,20)8-21-11-12-13-14-15(11)9-3-5-10(6-4-9)16(17)18/h3-6H,2,7-8H2,1H3. The van der Waals surface area contributed by atoms with E-state index in [0.717, 1.165) is 4.68 Å². The van der Waals surface area contributed by atoms with Crippen LogP contribution in [-0.4, -0.2) is 45.2 Å². The first-order chi connectivity index (χ1) is 10.4. The van der Waals surface area contributed by atoms with Gasteiger partial charge in [-0.05, 0) is 29.0 Å². The highest BCUT2D eigenvalue weighted by molar-refractivity contribution is 7.91. The second kappa shape index (κ2) is 6.47. The number of hydrogen-bond donors (Lipinski definition) is 0. The van der Waals surface area contributed by atoms with E-state index in [-0.39, 0.29) is 17.5 Å². The van der Waals surface area contributed by atoms with Crippen LogP contribution in [0.1, 0.15) is 13.3 Å². The van der Waals surface area contributed by atoms with Crippen LogP contribution in [0.15, 0.2) is 24.3 Å². The zero-order valence-electron chi connectivity index (χ0n) is 11.6. The van der Waals surface area contributed by atoms with E-state index in [2.05, 4.69) is 15.5 Å². The summed E-state index contributed by atoms with van der Waals surface area (Å²) in [5, 5.41) is 21.3. The van der Waals surface area contributed by atoms with Crippen molar-refractivity contribution in [1.82, 2.24) is 20.2 Å². The highest BCUT2D eigenvalue weighted by Crippen LogP contribution is 2.17. The summed E-state index contributed by atoms with van der Waals surface area (Å²) in [6.45, 7) is 1.75. The minimum absolute atomic E-state index is 0.00605. The zero-order valence-corrected chi connectivity index (χ0v) is 12.4. The maximum absolute atomic E-state index is 11.6. The Balaban J connectivity index is 2.17. The van der Waals surface area contributed by atoms with Crippen LogP contribution < -0.4 is 4.74 Å². The Kier molecular flexibility index (Phi) is 4.65. The second-order valence-corrected chi connectivity index (χ2v) is 6.49. The molecule has 2 rings (SSSR count). The molecule has 0 N–H and O–H groups in total. The lowest BCUT2D eigenvalue weighted by molar-refractivity contribution is -0.384. The molecule has 0 aliphatic carbocycles. The van der Waals surface area contributed by atoms with Gasteiger partial charge < -0.3 is 4.74 Å². The zero-order chi connectivity index (χ0) is 16.2. The van der Waals surface area contributed by atoms with Gasteiger partial charge in [-0.3, -0.25) is 10.1 Å². The van der Waals surface area contributed by atoms with Crippen molar-refractivity contribution in [1.29, 1.82) is 0 Å². The first kappa shape index (κ1) is 15.8. The van der Waals surface area contributed by atoms with Crippen molar-refractivity contribution in [3.8, 4) is 11.7 Å². The first-order valence-electron chi connectivity index (χ1n) is 6.29. The number of nitro groups is 1. The number of nitro benzene ring substituents is 1. The summed E-state index contributed by atoms with van der Waals surface area (Å²) in [4.78, 5) is 10.1. The maximum Gasteiger partial charge on any atom is 0.341 e. The molecule has 0 saturated heterocycles. The van der Waals surface area contributed by atoms with E-state index in [1.807, 2.05) is 0 Å². The molecule has 0 fully saturated rings. The number of nitrogens with zero attached hydrogens (tertiary/aromatic N) is 5. The van der Waals surface area contributed by atoms with Crippen LogP contribution in [0.2, 0.25) is 0 Å². The lowest BCUT2D eigenvalue weighted by Crippen LogP contribution is -2.17. The number of benzene rings is 1. The molecule has 0 aliphatic rings. The smallest absolute Gasteiger partial charge is 0.341 e. The molecule has 22 heavy (non-hydrogen) atoms. The molecule has 0 atom stereocenters. The summed E-state index contributed by atoms with van der Waals surface area (Å²) in [6.07, 6.45) is 0.485. The number of sulfone groups is 1. The van der Waals surface area contributed by atoms with Crippen molar-refractivity contribution in [3.05, 3.63) is 34.4 Å². The number of non-ortho nitro benzene ring substituents is 1. The molecule has 0 radical (unpaired) electrons. The molecule has 0 amide bonds. The van der Waals surface area contributed by atoms with Crippen LogP contribution in [0.4, 0.5) is 5.69 Å². The van der Waals surface area contributed by atoms with E-state index in [9.17, 15) is 18.5 Å². The third-order valence-corrected chi connectivity index (χ3v) is 4.14. The van der Waals surface area contributed by atoms with Gasteiger partial charge >= 0.3 is 6.01 Å². The molecule has 11 heteroatoms. The summed E-state index contributed by atoms with van der Waals surface area (Å²) in [6, 6.07) is 5.33. The van der Waals surface area contributed by atoms with Gasteiger partial charge in [0, 0.05) is 12.1 Å². The van der Waals surface area contributed by atoms with Gasteiger partial charge in [-0.15, -0.1) is 0 Å². The quantitative estimate of drug-likeness (QED) is 0.537. The van der Waals surface area contributed by atoms with Gasteiger partial charge in [-0.25, -0.2) is 8.42 Å². The fourth-order valence-electron chi connectivity index (χ4n) is 1.66. The third-order valence-electron chi connectivity index (χ3n) is 2.63. The van der Waals surface area contributed by atoms with Crippen molar-refractivity contribution in [3.63, 3.8) is 0 Å². The van der Waals surface area contributed by atoms with Gasteiger partial charge in [0.25, 0.3) is 5.69 Å². The number of tetrazole rings is 1. The lowest BCUT2D eigenvalue weighted by Gasteiger charge is -2.06. The summed E-state index contributed by atoms with van der Waals surface area (Å²) >= 11 is 0. The number of hydrogen-bond acceptors (Lipinski definition) is 8. The third kappa shape index (κ3) is 3.75. The molecule has 1 heterocycles. The Morgan fingerprint density at radius 1 is 1.32 bits per heavy atom. The molecule has 118 valence electrons. The van der Waals surface area contributed by atoms with E-state index in [4.69, 9.17) is 4.74 Å². The van der Waals surface area contributed by atoms with Crippen LogP contribution in [-0.2, 0) is 9.84 Å². The predicted molar refractivity (Wildman–Crippen MR) is 75.4 cm³/mol. The Labute approximate surface area is 125 Å². The van der Waals surface area contributed by atoms with E-state index < -0.39 is 20.7 Å². The highest BCUT2D eigenvalue weighted by Gasteiger charge is 2.16. The van der Waals surface area contributed by atoms with Crippen molar-refractivity contribution >= 4 is 15.5 Å². The van der Waals surface area contributed by atoms with Gasteiger partial charge in [-0.2, -0.15) is 4.68 Å². The van der Waals surface area contributed by atoms with E-state index in [1.165, 1.54) is 24.3 Å². The molecular weight excluding hydrogens is 314 g/mol. The minimum atomic E-state index is -3.35. The normalized spacial score (nSPS) is 11.3. The van der Waals surface area contributed by atoms with E-state index in [1.54, 1.807) is 6.92 Å². The molecule has 2 aromatic rings. The molecule has 0 spiro atoms. The fraction of sp³-hybridized carbons (Fsp3) is 0.364. The topological polar surface area (TPSA) is 130 Å². The summed E-state index contributed by atoms with van der Waals surface area (Å²) < 4.78 is 29.5. The molecule has 0 unspecified atom stereocenters. The van der Waals surface area contributed by atoms with Crippen molar-refractivity contribution in [2.45, 2.75) is 13.3 Å². The van der Waals surface area contributed by atoms with Gasteiger partial charge in [0.2, 0.25) is 0 Å². The van der Waals surface area contributed by atoms with Gasteiger partial charge in [0.1, 0.15) is 0 Å². The van der Waals surface area contributed by atoms with Crippen molar-refractivity contribution in [2.75, 3.05) is 11.7 Å². The van der Waals surface area contributed by atoms with Crippen LogP contribution >= 0.6 is 0 Å². The molecule has 1 aromatic carbocycles. The number of aromatic nitrogens is 4.